The molecule has 2 N–H and O–H groups in total. The topological polar surface area (TPSA) is 70.9 Å². The van der Waals surface area contributed by atoms with Crippen molar-refractivity contribution in [2.45, 2.75) is 0 Å². The Bertz CT molecular complexity index is 1050. The molecule has 5 nitrogen and oxygen atoms in total. The van der Waals surface area contributed by atoms with Crippen LogP contribution in [0.3, 0.4) is 0 Å². The van der Waals surface area contributed by atoms with Crippen LogP contribution in [-0.2, 0) is 0 Å². The molecule has 6 heteroatoms. The number of aromatic hydroxyl groups is 1. The maximum Gasteiger partial charge on any atom is 0.259 e. The van der Waals surface area contributed by atoms with Gasteiger partial charge in [-0.2, -0.15) is 0 Å². The van der Waals surface area contributed by atoms with E-state index in [0.29, 0.717) is 34.0 Å². The number of ether oxygens (including phenoxy) is 1. The normalized spacial score (nSPS) is 12.7. The van der Waals surface area contributed by atoms with Gasteiger partial charge in [0, 0.05) is 16.3 Å². The van der Waals surface area contributed by atoms with Gasteiger partial charge >= 0.3 is 0 Å². The minimum atomic E-state index is -0.257. The minimum absolute atomic E-state index is 0.128. The summed E-state index contributed by atoms with van der Waals surface area (Å²) in [6.07, 6.45) is 1.55. The zero-order valence-electron chi connectivity index (χ0n) is 13.4. The number of amides is 1. The molecule has 1 aliphatic rings. The number of nitrogens with one attached hydrogen (secondary N) is 1. The molecule has 0 aromatic heterocycles. The van der Waals surface area contributed by atoms with Gasteiger partial charge in [0.2, 0.25) is 0 Å². The van der Waals surface area contributed by atoms with Gasteiger partial charge in [0.1, 0.15) is 11.5 Å². The van der Waals surface area contributed by atoms with Crippen LogP contribution in [0.15, 0.2) is 70.1 Å². The lowest BCUT2D eigenvalue weighted by Crippen LogP contribution is -2.10. The molecule has 1 aliphatic heterocycles. The van der Waals surface area contributed by atoms with E-state index in [-0.39, 0.29) is 11.7 Å². The van der Waals surface area contributed by atoms with E-state index < -0.39 is 0 Å². The minimum Gasteiger partial charge on any atom is -0.507 e. The number of fused-ring (bicyclic) bond motifs is 2. The quantitative estimate of drug-likeness (QED) is 0.567. The van der Waals surface area contributed by atoms with Gasteiger partial charge in [-0.3, -0.25) is 9.79 Å². The first-order valence-electron chi connectivity index (χ1n) is 7.85. The largest absolute Gasteiger partial charge is 0.507 e. The molecule has 0 bridgehead atoms. The Morgan fingerprint density at radius 3 is 2.77 bits per heavy atom. The molecule has 0 unspecified atom stereocenters. The first-order chi connectivity index (χ1) is 12.6. The van der Waals surface area contributed by atoms with E-state index in [9.17, 15) is 9.90 Å². The van der Waals surface area contributed by atoms with Crippen molar-refractivity contribution < 1.29 is 14.6 Å². The predicted octanol–water partition coefficient (Wildman–Crippen LogP) is 5.26. The second-order valence-corrected chi connectivity index (χ2v) is 6.61. The van der Waals surface area contributed by atoms with Crippen LogP contribution in [0, 0.1) is 0 Å². The first kappa shape index (κ1) is 16.4. The number of hydrogen-bond donors (Lipinski definition) is 2. The maximum absolute atomic E-state index is 12.5. The fraction of sp³-hybridized carbons (Fsp3) is 0. The summed E-state index contributed by atoms with van der Waals surface area (Å²) in [5.41, 5.74) is 2.17. The smallest absolute Gasteiger partial charge is 0.259 e. The predicted molar refractivity (Wildman–Crippen MR) is 104 cm³/mol. The summed E-state index contributed by atoms with van der Waals surface area (Å²) in [5, 5.41) is 12.7. The van der Waals surface area contributed by atoms with Gasteiger partial charge in [-0.1, -0.05) is 28.1 Å². The third-order valence-electron chi connectivity index (χ3n) is 3.91. The SMILES string of the molecule is O=C1Nc2ccccc2Oc2ccc(N=Cc3cc(Br)ccc3O)cc21. The third kappa shape index (κ3) is 3.19. The fourth-order valence-electron chi connectivity index (χ4n) is 2.60. The van der Waals surface area contributed by atoms with Crippen LogP contribution >= 0.6 is 15.9 Å². The van der Waals surface area contributed by atoms with Crippen molar-refractivity contribution in [2.75, 3.05) is 5.32 Å². The highest BCUT2D eigenvalue weighted by Gasteiger charge is 2.20. The van der Waals surface area contributed by atoms with Crippen LogP contribution in [0.2, 0.25) is 0 Å². The highest BCUT2D eigenvalue weighted by atomic mass is 79.9. The molecule has 0 spiro atoms. The molecule has 0 fully saturated rings. The number of phenols is 1. The molecule has 26 heavy (non-hydrogen) atoms. The molecule has 3 aromatic rings. The lowest BCUT2D eigenvalue weighted by molar-refractivity contribution is 0.102. The molecule has 1 amide bonds. The summed E-state index contributed by atoms with van der Waals surface area (Å²) < 4.78 is 6.68. The maximum atomic E-state index is 12.5. The number of benzene rings is 3. The van der Waals surface area contributed by atoms with Gasteiger partial charge in [0.05, 0.1) is 16.9 Å². The van der Waals surface area contributed by atoms with Crippen molar-refractivity contribution in [2.24, 2.45) is 4.99 Å². The molecule has 0 aliphatic carbocycles. The van der Waals surface area contributed by atoms with E-state index in [1.165, 1.54) is 0 Å². The molecule has 1 heterocycles. The second-order valence-electron chi connectivity index (χ2n) is 5.69. The highest BCUT2D eigenvalue weighted by Crippen LogP contribution is 2.36. The summed E-state index contributed by atoms with van der Waals surface area (Å²) in [7, 11) is 0. The Morgan fingerprint density at radius 1 is 1.04 bits per heavy atom. The van der Waals surface area contributed by atoms with Crippen LogP contribution in [0.25, 0.3) is 0 Å². The van der Waals surface area contributed by atoms with Crippen LogP contribution in [0.1, 0.15) is 15.9 Å². The molecular formula is C20H13BrN2O3. The number of halogens is 1. The van der Waals surface area contributed by atoms with Crippen LogP contribution in [0.4, 0.5) is 11.4 Å². The van der Waals surface area contributed by atoms with E-state index in [1.54, 1.807) is 54.7 Å². The summed E-state index contributed by atoms with van der Waals surface area (Å²) in [4.78, 5) is 16.9. The molecule has 0 atom stereocenters. The van der Waals surface area contributed by atoms with Crippen molar-refractivity contribution in [1.29, 1.82) is 0 Å². The Balaban J connectivity index is 1.68. The molecule has 128 valence electrons. The lowest BCUT2D eigenvalue weighted by Gasteiger charge is -2.07. The highest BCUT2D eigenvalue weighted by molar-refractivity contribution is 9.10. The molecule has 0 saturated carbocycles. The van der Waals surface area contributed by atoms with Crippen molar-refractivity contribution in [1.82, 2.24) is 0 Å². The van der Waals surface area contributed by atoms with Crippen molar-refractivity contribution in [3.05, 3.63) is 76.3 Å². The van der Waals surface area contributed by atoms with E-state index in [0.717, 1.165) is 4.47 Å². The first-order valence-corrected chi connectivity index (χ1v) is 8.64. The summed E-state index contributed by atoms with van der Waals surface area (Å²) in [6, 6.07) is 17.5. The van der Waals surface area contributed by atoms with Crippen molar-refractivity contribution >= 4 is 39.4 Å². The number of hydrogen-bond acceptors (Lipinski definition) is 4. The molecule has 3 aromatic carbocycles. The standard InChI is InChI=1S/C20H13BrN2O3/c21-13-5-7-17(24)12(9-13)11-22-14-6-8-18-15(10-14)20(25)23-16-3-1-2-4-19(16)26-18/h1-11,24H,(H,23,25). The molecule has 0 radical (unpaired) electrons. The van der Waals surface area contributed by atoms with E-state index >= 15 is 0 Å². The molecule has 4 rings (SSSR count). The Morgan fingerprint density at radius 2 is 1.88 bits per heavy atom. The van der Waals surface area contributed by atoms with Gasteiger partial charge in [0.15, 0.2) is 5.75 Å². The number of anilines is 1. The van der Waals surface area contributed by atoms with Crippen LogP contribution in [0.5, 0.6) is 17.2 Å². The average Bonchev–Trinajstić information content (AvgIpc) is 2.78. The lowest BCUT2D eigenvalue weighted by atomic mass is 10.1. The molecule has 0 saturated heterocycles. The molecular weight excluding hydrogens is 396 g/mol. The zero-order valence-corrected chi connectivity index (χ0v) is 15.0. The number of para-hydroxylation sites is 2. The summed E-state index contributed by atoms with van der Waals surface area (Å²) in [5.74, 6) is 0.933. The summed E-state index contributed by atoms with van der Waals surface area (Å²) >= 11 is 3.36. The Hall–Kier alpha value is -3.12. The van der Waals surface area contributed by atoms with Crippen molar-refractivity contribution in [3.8, 4) is 17.2 Å². The number of rotatable bonds is 2. The Labute approximate surface area is 158 Å². The number of phenolic OH excluding ortho intramolecular Hbond substituents is 1. The fourth-order valence-corrected chi connectivity index (χ4v) is 2.98. The van der Waals surface area contributed by atoms with Crippen LogP contribution < -0.4 is 10.1 Å². The number of carbonyl (C=O) groups is 1. The number of carbonyl (C=O) groups excluding carboxylic acids is 1. The third-order valence-corrected chi connectivity index (χ3v) is 4.40. The average molecular weight is 409 g/mol. The van der Waals surface area contributed by atoms with Gasteiger partial charge in [-0.05, 0) is 48.5 Å². The second kappa shape index (κ2) is 6.65. The Kier molecular flexibility index (Phi) is 4.18. The summed E-state index contributed by atoms with van der Waals surface area (Å²) in [6.45, 7) is 0. The van der Waals surface area contributed by atoms with E-state index in [2.05, 4.69) is 26.2 Å². The van der Waals surface area contributed by atoms with Gasteiger partial charge in [-0.15, -0.1) is 0 Å². The van der Waals surface area contributed by atoms with Crippen molar-refractivity contribution in [3.63, 3.8) is 0 Å². The number of nitrogens with zero attached hydrogens (tertiary/aromatic N) is 1. The van der Waals surface area contributed by atoms with Gasteiger partial charge in [-0.25, -0.2) is 0 Å². The van der Waals surface area contributed by atoms with Crippen LogP contribution in [-0.4, -0.2) is 17.2 Å². The zero-order chi connectivity index (χ0) is 18.1. The van der Waals surface area contributed by atoms with Gasteiger partial charge < -0.3 is 15.2 Å². The van der Waals surface area contributed by atoms with E-state index in [4.69, 9.17) is 4.74 Å². The monoisotopic (exact) mass is 408 g/mol. The van der Waals surface area contributed by atoms with Gasteiger partial charge in [0.25, 0.3) is 5.91 Å². The van der Waals surface area contributed by atoms with E-state index in [1.807, 2.05) is 12.1 Å². The number of aliphatic imine (C=N–C) groups is 1.